The molecule has 3 nitrogen and oxygen atoms in total. The van der Waals surface area contributed by atoms with Gasteiger partial charge >= 0.3 is 29.9 Å². The molecule has 0 aliphatic heterocycles. The average molecular weight is 482 g/mol. The van der Waals surface area contributed by atoms with Gasteiger partial charge in [-0.3, -0.25) is 6.08 Å². The summed E-state index contributed by atoms with van der Waals surface area (Å²) in [6.45, 7) is 15.0. The second-order valence-corrected chi connectivity index (χ2v) is 5.72. The third-order valence-electron chi connectivity index (χ3n) is 2.11. The Morgan fingerprint density at radius 1 is 1.00 bits per heavy atom. The molecule has 1 rings (SSSR count). The van der Waals surface area contributed by atoms with Gasteiger partial charge in [0.1, 0.15) is 0 Å². The number of rotatable bonds is 5. The van der Waals surface area contributed by atoms with Gasteiger partial charge < -0.3 is 34.0 Å². The van der Waals surface area contributed by atoms with Crippen LogP contribution in [0.15, 0.2) is 17.7 Å². The van der Waals surface area contributed by atoms with Gasteiger partial charge in [0.05, 0.1) is 0 Å². The maximum atomic E-state index is 5.30. The molecule has 0 saturated carbocycles. The molecule has 0 bridgehead atoms. The van der Waals surface area contributed by atoms with Gasteiger partial charge in [-0.15, -0.1) is 6.42 Å². The van der Waals surface area contributed by atoms with Crippen LogP contribution < -0.4 is 0 Å². The van der Waals surface area contributed by atoms with Crippen LogP contribution in [-0.2, 0) is 34.3 Å². The van der Waals surface area contributed by atoms with E-state index in [9.17, 15) is 0 Å². The van der Waals surface area contributed by atoms with E-state index >= 15 is 0 Å². The molecule has 5 heteroatoms. The van der Waals surface area contributed by atoms with Crippen LogP contribution in [0.2, 0.25) is 6.04 Å². The zero-order valence-corrected chi connectivity index (χ0v) is 17.0. The summed E-state index contributed by atoms with van der Waals surface area (Å²) < 4.78 is 15.9. The SMILES string of the molecule is CO[Si](CC1=[C-]CC=C1)(OC)OC.[CH2-]C.[CH2-]C.[CH2-]C.[Pt+4]. The summed E-state index contributed by atoms with van der Waals surface area (Å²) in [7, 11) is 2.44. The fourth-order valence-corrected chi connectivity index (χ4v) is 2.91. The molecule has 20 heavy (non-hydrogen) atoms. The van der Waals surface area contributed by atoms with Crippen LogP contribution >= 0.6 is 0 Å². The van der Waals surface area contributed by atoms with Gasteiger partial charge in [-0.25, -0.2) is 11.6 Å². The van der Waals surface area contributed by atoms with Gasteiger partial charge in [0.15, 0.2) is 0 Å². The predicted octanol–water partition coefficient (Wildman–Crippen LogP) is 4.07. The standard InChI is InChI=1S/C9H15O3Si.3C2H5.Pt/c1-10-13(11-2,12-3)8-9-6-4-5-7-9;3*1-2;/h4,6H,5,8H2,1-3H3;3*1H2,2H3;/q4*-1;+4. The van der Waals surface area contributed by atoms with Crippen LogP contribution in [0.4, 0.5) is 0 Å². The van der Waals surface area contributed by atoms with Gasteiger partial charge in [-0.2, -0.15) is 26.8 Å². The summed E-state index contributed by atoms with van der Waals surface area (Å²) in [6, 6.07) is 0.701. The van der Waals surface area contributed by atoms with Gasteiger partial charge in [-0.1, -0.05) is 0 Å². The van der Waals surface area contributed by atoms with Crippen molar-refractivity contribution in [2.24, 2.45) is 0 Å². The van der Waals surface area contributed by atoms with Crippen LogP contribution in [0.3, 0.4) is 0 Å². The largest absolute Gasteiger partial charge is 4.00 e. The molecule has 1 aliphatic carbocycles. The first-order chi connectivity index (χ1) is 9.26. The Morgan fingerprint density at radius 3 is 1.65 bits per heavy atom. The van der Waals surface area contributed by atoms with E-state index in [0.29, 0.717) is 6.04 Å². The Kier molecular flexibility index (Phi) is 30.6. The molecule has 122 valence electrons. The first-order valence-electron chi connectivity index (χ1n) is 6.30. The molecule has 0 N–H and O–H groups in total. The van der Waals surface area contributed by atoms with Crippen molar-refractivity contribution < 1.29 is 34.3 Å². The molecular formula is C15H30O3PtSi. The molecule has 0 unspecified atom stereocenters. The minimum Gasteiger partial charge on any atom is -0.377 e. The third-order valence-corrected chi connectivity index (χ3v) is 4.79. The van der Waals surface area contributed by atoms with Crippen molar-refractivity contribution in [3.05, 3.63) is 44.6 Å². The van der Waals surface area contributed by atoms with Crippen LogP contribution in [-0.4, -0.2) is 30.1 Å². The number of hydrogen-bond acceptors (Lipinski definition) is 3. The molecule has 0 heterocycles. The van der Waals surface area contributed by atoms with Gasteiger partial charge in [-0.05, 0) is 0 Å². The first-order valence-corrected chi connectivity index (χ1v) is 8.23. The van der Waals surface area contributed by atoms with E-state index in [1.165, 1.54) is 0 Å². The van der Waals surface area contributed by atoms with Crippen molar-refractivity contribution in [3.63, 3.8) is 0 Å². The fourth-order valence-electron chi connectivity index (χ4n) is 1.27. The van der Waals surface area contributed by atoms with Crippen LogP contribution in [0.5, 0.6) is 0 Å². The maximum Gasteiger partial charge on any atom is 4.00 e. The van der Waals surface area contributed by atoms with Gasteiger partial charge in [0.2, 0.25) is 0 Å². The van der Waals surface area contributed by atoms with Crippen LogP contribution in [0.25, 0.3) is 0 Å². The molecule has 0 aromatic rings. The van der Waals surface area contributed by atoms with Crippen molar-refractivity contribution in [3.8, 4) is 0 Å². The zero-order chi connectivity index (χ0) is 15.7. The van der Waals surface area contributed by atoms with Gasteiger partial charge in [0, 0.05) is 27.4 Å². The van der Waals surface area contributed by atoms with E-state index < -0.39 is 8.80 Å². The number of allylic oxidation sites excluding steroid dienone is 4. The van der Waals surface area contributed by atoms with E-state index in [1.54, 1.807) is 42.1 Å². The van der Waals surface area contributed by atoms with E-state index in [4.69, 9.17) is 13.3 Å². The number of hydrogen-bond donors (Lipinski definition) is 0. The van der Waals surface area contributed by atoms with E-state index in [-0.39, 0.29) is 21.1 Å². The van der Waals surface area contributed by atoms with Crippen LogP contribution in [0.1, 0.15) is 27.2 Å². The second kappa shape index (κ2) is 21.6. The minimum atomic E-state index is -2.43. The first kappa shape index (κ1) is 28.4. The monoisotopic (exact) mass is 481 g/mol. The molecule has 0 aromatic carbocycles. The fraction of sp³-hybridized carbons (Fsp3) is 0.533. The molecule has 0 aromatic heterocycles. The Labute approximate surface area is 142 Å². The van der Waals surface area contributed by atoms with Crippen molar-refractivity contribution in [1.82, 2.24) is 0 Å². The normalized spacial score (nSPS) is 11.6. The van der Waals surface area contributed by atoms with Crippen LogP contribution in [0, 0.1) is 26.8 Å². The minimum absolute atomic E-state index is 0. The predicted molar refractivity (Wildman–Crippen MR) is 85.2 cm³/mol. The van der Waals surface area contributed by atoms with Gasteiger partial charge in [0.25, 0.3) is 0 Å². The molecule has 0 saturated heterocycles. The molecule has 0 spiro atoms. The Morgan fingerprint density at radius 2 is 1.40 bits per heavy atom. The van der Waals surface area contributed by atoms with Crippen molar-refractivity contribution in [2.75, 3.05) is 21.3 Å². The second-order valence-electron chi connectivity index (χ2n) is 2.78. The van der Waals surface area contributed by atoms with E-state index in [2.05, 4.69) is 32.9 Å². The molecule has 0 atom stereocenters. The topological polar surface area (TPSA) is 27.7 Å². The molecule has 0 fully saturated rings. The van der Waals surface area contributed by atoms with Crippen molar-refractivity contribution >= 4 is 8.80 Å². The summed E-state index contributed by atoms with van der Waals surface area (Å²) in [4.78, 5) is 0. The van der Waals surface area contributed by atoms with E-state index in [0.717, 1.165) is 12.0 Å². The Hall–Kier alpha value is 0.265. The molecule has 0 radical (unpaired) electrons. The summed E-state index contributed by atoms with van der Waals surface area (Å²) in [5, 5.41) is 0. The summed E-state index contributed by atoms with van der Waals surface area (Å²) in [5.41, 5.74) is 1.12. The van der Waals surface area contributed by atoms with Crippen molar-refractivity contribution in [1.29, 1.82) is 0 Å². The smallest absolute Gasteiger partial charge is 0.377 e. The Balaban J connectivity index is -0.000000162. The average Bonchev–Trinajstić information content (AvgIpc) is 3.04. The Bertz CT molecular complexity index is 219. The molecular weight excluding hydrogens is 451 g/mol. The van der Waals surface area contributed by atoms with E-state index in [1.807, 2.05) is 6.08 Å². The quantitative estimate of drug-likeness (QED) is 0.438. The van der Waals surface area contributed by atoms with Crippen molar-refractivity contribution in [2.45, 2.75) is 33.2 Å². The summed E-state index contributed by atoms with van der Waals surface area (Å²) in [6.07, 6.45) is 8.21. The maximum absolute atomic E-state index is 5.30. The third kappa shape index (κ3) is 12.0. The summed E-state index contributed by atoms with van der Waals surface area (Å²) >= 11 is 0. The molecule has 1 aliphatic rings. The summed E-state index contributed by atoms with van der Waals surface area (Å²) in [5.74, 6) is 0. The zero-order valence-electron chi connectivity index (χ0n) is 13.7. The molecule has 0 amide bonds.